The molecule has 0 amide bonds. The van der Waals surface area contributed by atoms with E-state index in [0.717, 1.165) is 0 Å². The van der Waals surface area contributed by atoms with Gasteiger partial charge in [-0.2, -0.15) is 0 Å². The van der Waals surface area contributed by atoms with E-state index in [2.05, 4.69) is 0 Å². The van der Waals surface area contributed by atoms with E-state index in [1.54, 1.807) is 6.92 Å². The van der Waals surface area contributed by atoms with Crippen molar-refractivity contribution in [2.45, 2.75) is 38.1 Å². The van der Waals surface area contributed by atoms with Crippen LogP contribution in [0.15, 0.2) is 0 Å². The van der Waals surface area contributed by atoms with Crippen LogP contribution in [0.5, 0.6) is 0 Å². The lowest BCUT2D eigenvalue weighted by Crippen LogP contribution is -2.39. The first-order valence-corrected chi connectivity index (χ1v) is 3.57. The Morgan fingerprint density at radius 2 is 2.20 bits per heavy atom. The highest BCUT2D eigenvalue weighted by atomic mass is 16.5. The smallest absolute Gasteiger partial charge is 0.116 e. The van der Waals surface area contributed by atoms with Crippen LogP contribution >= 0.6 is 0 Å². The molecule has 1 fully saturated rings. The second kappa shape index (κ2) is 2.49. The van der Waals surface area contributed by atoms with Gasteiger partial charge in [0.05, 0.1) is 18.8 Å². The van der Waals surface area contributed by atoms with Crippen molar-refractivity contribution in [2.75, 3.05) is 6.61 Å². The van der Waals surface area contributed by atoms with Crippen molar-refractivity contribution in [3.8, 4) is 0 Å². The summed E-state index contributed by atoms with van der Waals surface area (Å²) in [6.45, 7) is 3.46. The molecule has 60 valence electrons. The molecule has 10 heavy (non-hydrogen) atoms. The Balaban J connectivity index is 2.61. The molecule has 0 saturated carbocycles. The molecule has 1 saturated heterocycles. The molecule has 2 N–H and O–H groups in total. The van der Waals surface area contributed by atoms with Gasteiger partial charge in [-0.05, 0) is 13.8 Å². The van der Waals surface area contributed by atoms with Crippen molar-refractivity contribution < 1.29 is 14.9 Å². The molecule has 3 atom stereocenters. The normalized spacial score (nSPS) is 48.0. The summed E-state index contributed by atoms with van der Waals surface area (Å²) in [5.41, 5.74) is -1.00. The summed E-state index contributed by atoms with van der Waals surface area (Å²) >= 11 is 0. The Morgan fingerprint density at radius 1 is 1.60 bits per heavy atom. The van der Waals surface area contributed by atoms with Crippen molar-refractivity contribution in [1.29, 1.82) is 0 Å². The van der Waals surface area contributed by atoms with Crippen molar-refractivity contribution in [3.63, 3.8) is 0 Å². The minimum absolute atomic E-state index is 0.0622. The van der Waals surface area contributed by atoms with E-state index in [1.807, 2.05) is 6.92 Å². The lowest BCUT2D eigenvalue weighted by Gasteiger charge is -2.22. The summed E-state index contributed by atoms with van der Waals surface area (Å²) in [4.78, 5) is 0. The number of aliphatic hydroxyl groups is 2. The highest BCUT2D eigenvalue weighted by Crippen LogP contribution is 2.29. The average molecular weight is 146 g/mol. The number of rotatable bonds is 1. The van der Waals surface area contributed by atoms with Crippen molar-refractivity contribution in [1.82, 2.24) is 0 Å². The predicted molar refractivity (Wildman–Crippen MR) is 36.7 cm³/mol. The zero-order valence-electron chi connectivity index (χ0n) is 6.37. The quantitative estimate of drug-likeness (QED) is 0.543. The van der Waals surface area contributed by atoms with E-state index in [1.165, 1.54) is 0 Å². The van der Waals surface area contributed by atoms with Crippen LogP contribution in [0.3, 0.4) is 0 Å². The summed E-state index contributed by atoms with van der Waals surface area (Å²) in [5.74, 6) is 0. The Hall–Kier alpha value is -0.120. The molecule has 0 radical (unpaired) electrons. The Kier molecular flexibility index (Phi) is 1.99. The van der Waals surface area contributed by atoms with Gasteiger partial charge < -0.3 is 14.9 Å². The van der Waals surface area contributed by atoms with E-state index < -0.39 is 5.60 Å². The van der Waals surface area contributed by atoms with Crippen LogP contribution in [0.2, 0.25) is 0 Å². The second-order valence-electron chi connectivity index (χ2n) is 3.05. The van der Waals surface area contributed by atoms with Gasteiger partial charge in [0, 0.05) is 6.42 Å². The van der Waals surface area contributed by atoms with Crippen LogP contribution < -0.4 is 0 Å². The fourth-order valence-corrected chi connectivity index (χ4v) is 1.38. The molecular weight excluding hydrogens is 132 g/mol. The SMILES string of the molecule is CC1CC(O)(CO)C(C)O1. The Morgan fingerprint density at radius 3 is 2.40 bits per heavy atom. The minimum Gasteiger partial charge on any atom is -0.393 e. The number of ether oxygens (including phenoxy) is 1. The first-order chi connectivity index (χ1) is 4.58. The third-order valence-electron chi connectivity index (χ3n) is 2.11. The van der Waals surface area contributed by atoms with E-state index in [9.17, 15) is 5.11 Å². The summed E-state index contributed by atoms with van der Waals surface area (Å²) in [5, 5.41) is 18.3. The Bertz CT molecular complexity index is 126. The van der Waals surface area contributed by atoms with Crippen LogP contribution in [0.25, 0.3) is 0 Å². The van der Waals surface area contributed by atoms with Crippen LogP contribution in [0.4, 0.5) is 0 Å². The molecule has 0 aromatic rings. The summed E-state index contributed by atoms with van der Waals surface area (Å²) in [7, 11) is 0. The molecule has 3 nitrogen and oxygen atoms in total. The maximum absolute atomic E-state index is 9.56. The van der Waals surface area contributed by atoms with Gasteiger partial charge in [0.2, 0.25) is 0 Å². The van der Waals surface area contributed by atoms with Gasteiger partial charge in [0.15, 0.2) is 0 Å². The molecule has 1 aliphatic rings. The van der Waals surface area contributed by atoms with Gasteiger partial charge in [-0.1, -0.05) is 0 Å². The summed E-state index contributed by atoms with van der Waals surface area (Å²) in [6, 6.07) is 0. The van der Waals surface area contributed by atoms with Gasteiger partial charge in [0.25, 0.3) is 0 Å². The predicted octanol–water partition coefficient (Wildman–Crippen LogP) is -0.0929. The topological polar surface area (TPSA) is 49.7 Å². The molecule has 1 aliphatic heterocycles. The third kappa shape index (κ3) is 1.17. The van der Waals surface area contributed by atoms with Crippen LogP contribution in [0.1, 0.15) is 20.3 Å². The van der Waals surface area contributed by atoms with Gasteiger partial charge in [-0.15, -0.1) is 0 Å². The van der Waals surface area contributed by atoms with E-state index in [0.29, 0.717) is 6.42 Å². The van der Waals surface area contributed by atoms with Crippen molar-refractivity contribution in [3.05, 3.63) is 0 Å². The second-order valence-corrected chi connectivity index (χ2v) is 3.05. The molecule has 0 aliphatic carbocycles. The van der Waals surface area contributed by atoms with Crippen LogP contribution in [0, 0.1) is 0 Å². The van der Waals surface area contributed by atoms with Crippen molar-refractivity contribution >= 4 is 0 Å². The van der Waals surface area contributed by atoms with Gasteiger partial charge in [-0.3, -0.25) is 0 Å². The first kappa shape index (κ1) is 7.98. The summed E-state index contributed by atoms with van der Waals surface area (Å²) < 4.78 is 5.26. The number of hydrogen-bond acceptors (Lipinski definition) is 3. The molecular formula is C7H14O3. The molecule has 1 rings (SSSR count). The first-order valence-electron chi connectivity index (χ1n) is 3.57. The maximum Gasteiger partial charge on any atom is 0.116 e. The molecule has 0 aromatic heterocycles. The molecule has 3 unspecified atom stereocenters. The van der Waals surface area contributed by atoms with E-state index >= 15 is 0 Å². The highest BCUT2D eigenvalue weighted by molar-refractivity contribution is 4.92. The van der Waals surface area contributed by atoms with Gasteiger partial charge in [-0.25, -0.2) is 0 Å². The highest BCUT2D eigenvalue weighted by Gasteiger charge is 2.42. The van der Waals surface area contributed by atoms with E-state index in [4.69, 9.17) is 9.84 Å². The largest absolute Gasteiger partial charge is 0.393 e. The maximum atomic E-state index is 9.56. The molecule has 3 heteroatoms. The molecule has 0 bridgehead atoms. The monoisotopic (exact) mass is 146 g/mol. The van der Waals surface area contributed by atoms with E-state index in [-0.39, 0.29) is 18.8 Å². The number of aliphatic hydroxyl groups excluding tert-OH is 1. The number of hydrogen-bond donors (Lipinski definition) is 2. The standard InChI is InChI=1S/C7H14O3/c1-5-3-7(9,4-8)6(2)10-5/h5-6,8-9H,3-4H2,1-2H3. The third-order valence-corrected chi connectivity index (χ3v) is 2.11. The zero-order valence-corrected chi connectivity index (χ0v) is 6.37. The lowest BCUT2D eigenvalue weighted by atomic mass is 9.96. The fourth-order valence-electron chi connectivity index (χ4n) is 1.38. The minimum atomic E-state index is -1.00. The van der Waals surface area contributed by atoms with Gasteiger partial charge in [0.1, 0.15) is 5.60 Å². The Labute approximate surface area is 60.6 Å². The van der Waals surface area contributed by atoms with Crippen LogP contribution in [-0.2, 0) is 4.74 Å². The van der Waals surface area contributed by atoms with Gasteiger partial charge >= 0.3 is 0 Å². The molecule has 0 aromatic carbocycles. The van der Waals surface area contributed by atoms with Crippen LogP contribution in [-0.4, -0.2) is 34.6 Å². The molecule has 1 heterocycles. The zero-order chi connectivity index (χ0) is 7.78. The average Bonchev–Trinajstić information content (AvgIpc) is 2.09. The van der Waals surface area contributed by atoms with Crippen molar-refractivity contribution in [2.24, 2.45) is 0 Å². The summed E-state index contributed by atoms with van der Waals surface area (Å²) in [6.07, 6.45) is 0.352. The molecule has 0 spiro atoms. The fraction of sp³-hybridized carbons (Fsp3) is 1.00. The lowest BCUT2D eigenvalue weighted by molar-refractivity contribution is -0.0657.